The highest BCUT2D eigenvalue weighted by atomic mass is 79.9. The summed E-state index contributed by atoms with van der Waals surface area (Å²) in [4.78, 5) is 19.0. The first-order valence-corrected chi connectivity index (χ1v) is 7.09. The van der Waals surface area contributed by atoms with Gasteiger partial charge in [0, 0.05) is 17.4 Å². The minimum Gasteiger partial charge on any atom is -0.375 e. The molecule has 1 aromatic heterocycles. The van der Waals surface area contributed by atoms with Gasteiger partial charge in [0.15, 0.2) is 5.13 Å². The van der Waals surface area contributed by atoms with E-state index in [-0.39, 0.29) is 5.91 Å². The Kier molecular flexibility index (Phi) is 2.83. The fourth-order valence-electron chi connectivity index (χ4n) is 2.05. The van der Waals surface area contributed by atoms with Crippen molar-refractivity contribution in [2.24, 2.45) is 0 Å². The topological polar surface area (TPSA) is 59.2 Å². The summed E-state index contributed by atoms with van der Waals surface area (Å²) in [5.74, 6) is -0.0163. The highest BCUT2D eigenvalue weighted by Crippen LogP contribution is 2.32. The van der Waals surface area contributed by atoms with E-state index >= 15 is 0 Å². The number of aromatic nitrogens is 1. The van der Waals surface area contributed by atoms with E-state index in [0.717, 1.165) is 22.3 Å². The lowest BCUT2D eigenvalue weighted by Crippen LogP contribution is -2.37. The molecular weight excluding hydrogens is 314 g/mol. The number of nitrogen functional groups attached to an aromatic ring is 1. The van der Waals surface area contributed by atoms with Gasteiger partial charge in [0.25, 0.3) is 5.91 Å². The van der Waals surface area contributed by atoms with Gasteiger partial charge in [0.2, 0.25) is 0 Å². The van der Waals surface area contributed by atoms with Gasteiger partial charge in [0.05, 0.1) is 11.4 Å². The molecule has 0 radical (unpaired) electrons. The van der Waals surface area contributed by atoms with Crippen molar-refractivity contribution in [3.8, 4) is 0 Å². The minimum atomic E-state index is -0.0163. The number of amides is 1. The number of halogens is 1. The standard InChI is InChI=1S/C12H10BrN3OS/c13-7-3-1-2-4-9(7)16-6-5-8-10(11(16)17)18-12(14)15-8/h1-4H,5-6H2,(H2,14,15). The fraction of sp³-hybridized carbons (Fsp3) is 0.167. The van der Waals surface area contributed by atoms with E-state index in [1.807, 2.05) is 24.3 Å². The number of fused-ring (bicyclic) bond motifs is 1. The number of anilines is 2. The van der Waals surface area contributed by atoms with Gasteiger partial charge in [-0.15, -0.1) is 0 Å². The van der Waals surface area contributed by atoms with E-state index < -0.39 is 0 Å². The van der Waals surface area contributed by atoms with Gasteiger partial charge in [-0.1, -0.05) is 23.5 Å². The SMILES string of the molecule is Nc1nc2c(s1)C(=O)N(c1ccccc1Br)CC2. The average Bonchev–Trinajstić information content (AvgIpc) is 2.73. The third-order valence-electron chi connectivity index (χ3n) is 2.87. The van der Waals surface area contributed by atoms with Crippen LogP contribution in [0.5, 0.6) is 0 Å². The lowest BCUT2D eigenvalue weighted by Gasteiger charge is -2.26. The number of nitrogens with zero attached hydrogens (tertiary/aromatic N) is 2. The second-order valence-corrected chi connectivity index (χ2v) is 5.87. The van der Waals surface area contributed by atoms with Crippen LogP contribution in [-0.2, 0) is 6.42 Å². The highest BCUT2D eigenvalue weighted by molar-refractivity contribution is 9.10. The molecule has 92 valence electrons. The molecule has 1 amide bonds. The lowest BCUT2D eigenvalue weighted by atomic mass is 10.1. The maximum absolute atomic E-state index is 12.4. The molecule has 6 heteroatoms. The Morgan fingerprint density at radius 3 is 2.94 bits per heavy atom. The Balaban J connectivity index is 2.03. The summed E-state index contributed by atoms with van der Waals surface area (Å²) in [7, 11) is 0. The van der Waals surface area contributed by atoms with Gasteiger partial charge in [-0.05, 0) is 28.1 Å². The van der Waals surface area contributed by atoms with E-state index in [2.05, 4.69) is 20.9 Å². The first-order chi connectivity index (χ1) is 8.66. The van der Waals surface area contributed by atoms with Crippen LogP contribution in [0.4, 0.5) is 10.8 Å². The lowest BCUT2D eigenvalue weighted by molar-refractivity contribution is 0.0984. The fourth-order valence-corrected chi connectivity index (χ4v) is 3.38. The minimum absolute atomic E-state index is 0.0163. The van der Waals surface area contributed by atoms with Crippen LogP contribution >= 0.6 is 27.3 Å². The Morgan fingerprint density at radius 2 is 2.17 bits per heavy atom. The molecule has 0 unspecified atom stereocenters. The number of carbonyl (C=O) groups is 1. The van der Waals surface area contributed by atoms with E-state index in [4.69, 9.17) is 5.73 Å². The molecule has 0 bridgehead atoms. The summed E-state index contributed by atoms with van der Waals surface area (Å²) in [6.07, 6.45) is 0.746. The Bertz CT molecular complexity index is 626. The Hall–Kier alpha value is -1.40. The van der Waals surface area contributed by atoms with Crippen LogP contribution in [0.25, 0.3) is 0 Å². The van der Waals surface area contributed by atoms with E-state index in [0.29, 0.717) is 16.6 Å². The predicted octanol–water partition coefficient (Wildman–Crippen LogP) is 2.69. The summed E-state index contributed by atoms with van der Waals surface area (Å²) < 4.78 is 0.916. The zero-order chi connectivity index (χ0) is 12.7. The third kappa shape index (κ3) is 1.81. The van der Waals surface area contributed by atoms with E-state index in [1.54, 1.807) is 4.90 Å². The molecule has 0 saturated carbocycles. The number of para-hydroxylation sites is 1. The smallest absolute Gasteiger partial charge is 0.270 e. The van der Waals surface area contributed by atoms with Crippen LogP contribution in [0.2, 0.25) is 0 Å². The van der Waals surface area contributed by atoms with E-state index in [9.17, 15) is 4.79 Å². The molecule has 0 atom stereocenters. The molecule has 1 aliphatic rings. The zero-order valence-corrected chi connectivity index (χ0v) is 11.8. The first-order valence-electron chi connectivity index (χ1n) is 5.48. The number of nitrogens with two attached hydrogens (primary N) is 1. The molecule has 2 heterocycles. The molecule has 1 aromatic carbocycles. The predicted molar refractivity (Wildman–Crippen MR) is 76.0 cm³/mol. The molecule has 4 nitrogen and oxygen atoms in total. The van der Waals surface area contributed by atoms with Gasteiger partial charge in [-0.2, -0.15) is 0 Å². The summed E-state index contributed by atoms with van der Waals surface area (Å²) in [6, 6.07) is 7.71. The molecule has 2 aromatic rings. The molecular formula is C12H10BrN3OS. The second kappa shape index (κ2) is 4.37. The van der Waals surface area contributed by atoms with Crippen molar-refractivity contribution in [1.29, 1.82) is 0 Å². The Labute approximate surface area is 117 Å². The van der Waals surface area contributed by atoms with Gasteiger partial charge in [-0.25, -0.2) is 4.98 Å². The number of benzene rings is 1. The number of hydrogen-bond acceptors (Lipinski definition) is 4. The molecule has 0 spiro atoms. The quantitative estimate of drug-likeness (QED) is 0.877. The molecule has 3 rings (SSSR count). The summed E-state index contributed by atoms with van der Waals surface area (Å²) in [6.45, 7) is 0.637. The average molecular weight is 324 g/mol. The van der Waals surface area contributed by atoms with Crippen LogP contribution in [0.15, 0.2) is 28.7 Å². The van der Waals surface area contributed by atoms with Crippen molar-refractivity contribution in [3.05, 3.63) is 39.3 Å². The zero-order valence-electron chi connectivity index (χ0n) is 9.39. The maximum atomic E-state index is 12.4. The van der Waals surface area contributed by atoms with Crippen molar-refractivity contribution in [2.45, 2.75) is 6.42 Å². The summed E-state index contributed by atoms with van der Waals surface area (Å²) >= 11 is 4.74. The number of carbonyl (C=O) groups excluding carboxylic acids is 1. The third-order valence-corrected chi connectivity index (χ3v) is 4.45. The molecule has 0 fully saturated rings. The monoisotopic (exact) mass is 323 g/mol. The molecule has 0 saturated heterocycles. The molecule has 0 aliphatic carbocycles. The Morgan fingerprint density at radius 1 is 1.39 bits per heavy atom. The van der Waals surface area contributed by atoms with E-state index in [1.165, 1.54) is 11.3 Å². The van der Waals surface area contributed by atoms with Gasteiger partial charge in [0.1, 0.15) is 4.88 Å². The van der Waals surface area contributed by atoms with Crippen LogP contribution in [0, 0.1) is 0 Å². The maximum Gasteiger partial charge on any atom is 0.270 e. The van der Waals surface area contributed by atoms with Gasteiger partial charge < -0.3 is 10.6 Å². The van der Waals surface area contributed by atoms with Gasteiger partial charge >= 0.3 is 0 Å². The number of rotatable bonds is 1. The largest absolute Gasteiger partial charge is 0.375 e. The molecule has 2 N–H and O–H groups in total. The van der Waals surface area contributed by atoms with Crippen LogP contribution < -0.4 is 10.6 Å². The molecule has 1 aliphatic heterocycles. The number of hydrogen-bond donors (Lipinski definition) is 1. The van der Waals surface area contributed by atoms with Crippen molar-refractivity contribution < 1.29 is 4.79 Å². The van der Waals surface area contributed by atoms with Gasteiger partial charge in [-0.3, -0.25) is 4.79 Å². The second-order valence-electron chi connectivity index (χ2n) is 3.99. The normalized spacial score (nSPS) is 14.7. The van der Waals surface area contributed by atoms with Crippen molar-refractivity contribution >= 4 is 44.0 Å². The summed E-state index contributed by atoms with van der Waals surface area (Å²) in [5.41, 5.74) is 7.38. The van der Waals surface area contributed by atoms with Crippen LogP contribution in [0.3, 0.4) is 0 Å². The van der Waals surface area contributed by atoms with Crippen LogP contribution in [-0.4, -0.2) is 17.4 Å². The van der Waals surface area contributed by atoms with Crippen molar-refractivity contribution in [2.75, 3.05) is 17.2 Å². The van der Waals surface area contributed by atoms with Crippen LogP contribution in [0.1, 0.15) is 15.4 Å². The molecule has 18 heavy (non-hydrogen) atoms. The number of thiazole rings is 1. The highest BCUT2D eigenvalue weighted by Gasteiger charge is 2.29. The first kappa shape index (κ1) is 11.7. The van der Waals surface area contributed by atoms with Crippen molar-refractivity contribution in [1.82, 2.24) is 4.98 Å². The summed E-state index contributed by atoms with van der Waals surface area (Å²) in [5, 5.41) is 0.460. The van der Waals surface area contributed by atoms with Crippen molar-refractivity contribution in [3.63, 3.8) is 0 Å².